The molecule has 0 saturated carbocycles. The van der Waals surface area contributed by atoms with E-state index in [-0.39, 0.29) is 0 Å². The molecule has 3 aromatic rings. The third-order valence-corrected chi connectivity index (χ3v) is 3.94. The summed E-state index contributed by atoms with van der Waals surface area (Å²) in [6, 6.07) is 11.8. The van der Waals surface area contributed by atoms with Crippen molar-refractivity contribution in [2.24, 2.45) is 0 Å². The van der Waals surface area contributed by atoms with E-state index in [0.29, 0.717) is 23.3 Å². The number of aromatic amines is 1. The molecule has 0 amide bonds. The highest BCUT2D eigenvalue weighted by Gasteiger charge is 2.09. The van der Waals surface area contributed by atoms with Gasteiger partial charge in [0.25, 0.3) is 0 Å². The van der Waals surface area contributed by atoms with Crippen LogP contribution in [0.1, 0.15) is 12.0 Å². The molecule has 0 aliphatic heterocycles. The quantitative estimate of drug-likeness (QED) is 0.514. The average Bonchev–Trinajstić information content (AvgIpc) is 2.92. The van der Waals surface area contributed by atoms with Crippen LogP contribution in [0.3, 0.4) is 0 Å². The zero-order valence-electron chi connectivity index (χ0n) is 12.2. The van der Waals surface area contributed by atoms with Crippen molar-refractivity contribution in [1.29, 1.82) is 0 Å². The summed E-state index contributed by atoms with van der Waals surface area (Å²) in [6.07, 6.45) is 0.794. The summed E-state index contributed by atoms with van der Waals surface area (Å²) >= 11 is 11.9. The SMILES string of the molecule is Cc1ccc2nc(-c3ccc(OCCCCl)c(Cl)c3)[nH]c2c1. The largest absolute Gasteiger partial charge is 0.492 e. The number of nitrogens with zero attached hydrogens (tertiary/aromatic N) is 1. The summed E-state index contributed by atoms with van der Waals surface area (Å²) in [5.41, 5.74) is 4.10. The topological polar surface area (TPSA) is 37.9 Å². The Bertz CT molecular complexity index is 798. The molecule has 0 unspecified atom stereocenters. The summed E-state index contributed by atoms with van der Waals surface area (Å²) in [5.74, 6) is 2.05. The van der Waals surface area contributed by atoms with E-state index >= 15 is 0 Å². The second-order valence-electron chi connectivity index (χ2n) is 5.14. The van der Waals surface area contributed by atoms with Crippen LogP contribution in [0.15, 0.2) is 36.4 Å². The van der Waals surface area contributed by atoms with E-state index in [1.807, 2.05) is 30.3 Å². The van der Waals surface area contributed by atoms with E-state index in [9.17, 15) is 0 Å². The lowest BCUT2D eigenvalue weighted by molar-refractivity contribution is 0.318. The van der Waals surface area contributed by atoms with Crippen molar-refractivity contribution < 1.29 is 4.74 Å². The predicted molar refractivity (Wildman–Crippen MR) is 92.1 cm³/mol. The Morgan fingerprint density at radius 3 is 2.82 bits per heavy atom. The number of alkyl halides is 1. The Kier molecular flexibility index (Phi) is 4.55. The Hall–Kier alpha value is -1.71. The molecule has 3 rings (SSSR count). The maximum absolute atomic E-state index is 6.28. The standard InChI is InChI=1S/C17H16Cl2N2O/c1-11-3-5-14-15(9-11)21-17(20-14)12-4-6-16(13(19)10-12)22-8-2-7-18/h3-6,9-10H,2,7-8H2,1H3,(H,20,21). The van der Waals surface area contributed by atoms with Gasteiger partial charge < -0.3 is 9.72 Å². The molecule has 114 valence electrons. The van der Waals surface area contributed by atoms with Crippen molar-refractivity contribution in [3.63, 3.8) is 0 Å². The molecule has 5 heteroatoms. The molecule has 0 bridgehead atoms. The third kappa shape index (κ3) is 3.21. The highest BCUT2D eigenvalue weighted by molar-refractivity contribution is 6.32. The molecule has 0 spiro atoms. The first-order chi connectivity index (χ1) is 10.7. The first-order valence-electron chi connectivity index (χ1n) is 7.12. The first kappa shape index (κ1) is 15.2. The Labute approximate surface area is 139 Å². The van der Waals surface area contributed by atoms with Crippen molar-refractivity contribution in [1.82, 2.24) is 9.97 Å². The maximum Gasteiger partial charge on any atom is 0.138 e. The molecule has 0 atom stereocenters. The van der Waals surface area contributed by atoms with Crippen LogP contribution < -0.4 is 4.74 Å². The monoisotopic (exact) mass is 334 g/mol. The third-order valence-electron chi connectivity index (χ3n) is 3.38. The van der Waals surface area contributed by atoms with Gasteiger partial charge in [-0.15, -0.1) is 11.6 Å². The number of rotatable bonds is 5. The molecule has 0 aliphatic rings. The summed E-state index contributed by atoms with van der Waals surface area (Å²) in [5, 5.41) is 0.573. The molecule has 3 nitrogen and oxygen atoms in total. The highest BCUT2D eigenvalue weighted by atomic mass is 35.5. The fourth-order valence-corrected chi connectivity index (χ4v) is 2.61. The fraction of sp³-hybridized carbons (Fsp3) is 0.235. The summed E-state index contributed by atoms with van der Waals surface area (Å²) < 4.78 is 5.60. The van der Waals surface area contributed by atoms with E-state index in [1.54, 1.807) is 0 Å². The normalized spacial score (nSPS) is 11.0. The maximum atomic E-state index is 6.28. The first-order valence-corrected chi connectivity index (χ1v) is 8.03. The average molecular weight is 335 g/mol. The van der Waals surface area contributed by atoms with Gasteiger partial charge >= 0.3 is 0 Å². The number of fused-ring (bicyclic) bond motifs is 1. The van der Waals surface area contributed by atoms with E-state index in [4.69, 9.17) is 27.9 Å². The Morgan fingerprint density at radius 1 is 1.18 bits per heavy atom. The van der Waals surface area contributed by atoms with E-state index in [2.05, 4.69) is 23.0 Å². The molecular formula is C17H16Cl2N2O. The van der Waals surface area contributed by atoms with E-state index in [0.717, 1.165) is 28.8 Å². The van der Waals surface area contributed by atoms with Crippen LogP contribution in [0.5, 0.6) is 5.75 Å². The van der Waals surface area contributed by atoms with Crippen molar-refractivity contribution in [3.05, 3.63) is 47.0 Å². The van der Waals surface area contributed by atoms with Gasteiger partial charge in [0.05, 0.1) is 22.7 Å². The second kappa shape index (κ2) is 6.59. The molecule has 1 heterocycles. The number of imidazole rings is 1. The van der Waals surface area contributed by atoms with E-state index < -0.39 is 0 Å². The molecule has 2 aromatic carbocycles. The number of hydrogen-bond donors (Lipinski definition) is 1. The van der Waals surface area contributed by atoms with Gasteiger partial charge in [-0.2, -0.15) is 0 Å². The number of aryl methyl sites for hydroxylation is 1. The number of halogens is 2. The van der Waals surface area contributed by atoms with Crippen LogP contribution in [0, 0.1) is 6.92 Å². The van der Waals surface area contributed by atoms with Crippen LogP contribution in [-0.4, -0.2) is 22.5 Å². The Balaban J connectivity index is 1.88. The van der Waals surface area contributed by atoms with Gasteiger partial charge in [0.15, 0.2) is 0 Å². The lowest BCUT2D eigenvalue weighted by Gasteiger charge is -2.08. The van der Waals surface area contributed by atoms with Gasteiger partial charge in [0, 0.05) is 11.4 Å². The highest BCUT2D eigenvalue weighted by Crippen LogP contribution is 2.30. The number of H-pyrrole nitrogens is 1. The van der Waals surface area contributed by atoms with Crippen LogP contribution in [-0.2, 0) is 0 Å². The number of aromatic nitrogens is 2. The van der Waals surface area contributed by atoms with Crippen LogP contribution in [0.25, 0.3) is 22.4 Å². The molecule has 1 aromatic heterocycles. The van der Waals surface area contributed by atoms with Crippen molar-refractivity contribution in [3.8, 4) is 17.1 Å². The molecular weight excluding hydrogens is 319 g/mol. The van der Waals surface area contributed by atoms with E-state index in [1.165, 1.54) is 5.56 Å². The van der Waals surface area contributed by atoms with Crippen LogP contribution >= 0.6 is 23.2 Å². The minimum absolute atomic E-state index is 0.562. The molecule has 0 radical (unpaired) electrons. The zero-order chi connectivity index (χ0) is 15.5. The summed E-state index contributed by atoms with van der Waals surface area (Å²) in [6.45, 7) is 2.62. The van der Waals surface area contributed by atoms with Gasteiger partial charge in [0.1, 0.15) is 11.6 Å². The van der Waals surface area contributed by atoms with Gasteiger partial charge in [-0.1, -0.05) is 17.7 Å². The molecule has 0 fully saturated rings. The molecule has 0 aliphatic carbocycles. The van der Waals surface area contributed by atoms with Crippen molar-refractivity contribution >= 4 is 34.2 Å². The lowest BCUT2D eigenvalue weighted by Crippen LogP contribution is -1.98. The number of nitrogens with one attached hydrogen (secondary N) is 1. The van der Waals surface area contributed by atoms with Gasteiger partial charge in [0.2, 0.25) is 0 Å². The van der Waals surface area contributed by atoms with Gasteiger partial charge in [-0.25, -0.2) is 4.98 Å². The number of ether oxygens (including phenoxy) is 1. The van der Waals surface area contributed by atoms with Crippen LogP contribution in [0.2, 0.25) is 5.02 Å². The van der Waals surface area contributed by atoms with Gasteiger partial charge in [-0.05, 0) is 49.2 Å². The van der Waals surface area contributed by atoms with Crippen molar-refractivity contribution in [2.75, 3.05) is 12.5 Å². The predicted octanol–water partition coefficient (Wildman–Crippen LogP) is 5.20. The van der Waals surface area contributed by atoms with Crippen LogP contribution in [0.4, 0.5) is 0 Å². The molecule has 1 N–H and O–H groups in total. The Morgan fingerprint density at radius 2 is 2.05 bits per heavy atom. The number of benzene rings is 2. The minimum atomic E-state index is 0.562. The minimum Gasteiger partial charge on any atom is -0.492 e. The smallest absolute Gasteiger partial charge is 0.138 e. The lowest BCUT2D eigenvalue weighted by atomic mass is 10.2. The zero-order valence-corrected chi connectivity index (χ0v) is 13.7. The second-order valence-corrected chi connectivity index (χ2v) is 5.93. The summed E-state index contributed by atoms with van der Waals surface area (Å²) in [7, 11) is 0. The molecule has 22 heavy (non-hydrogen) atoms. The van der Waals surface area contributed by atoms with Gasteiger partial charge in [-0.3, -0.25) is 0 Å². The number of hydrogen-bond acceptors (Lipinski definition) is 2. The molecule has 0 saturated heterocycles. The summed E-state index contributed by atoms with van der Waals surface area (Å²) in [4.78, 5) is 7.92. The van der Waals surface area contributed by atoms with Crippen molar-refractivity contribution in [2.45, 2.75) is 13.3 Å². The fourth-order valence-electron chi connectivity index (χ4n) is 2.26.